The minimum Gasteiger partial charge on any atom is -0.264 e. The summed E-state index contributed by atoms with van der Waals surface area (Å²) in [7, 11) is 0. The molecule has 0 fully saturated rings. The van der Waals surface area contributed by atoms with Crippen LogP contribution in [0.25, 0.3) is 0 Å². The first-order valence-electron chi connectivity index (χ1n) is 7.24. The van der Waals surface area contributed by atoms with Crippen molar-refractivity contribution in [3.05, 3.63) is 59.2 Å². The summed E-state index contributed by atoms with van der Waals surface area (Å²) in [4.78, 5) is 8.15. The summed E-state index contributed by atoms with van der Waals surface area (Å²) in [5.74, 6) is 1.23. The molecule has 21 heavy (non-hydrogen) atoms. The maximum Gasteiger partial charge on any atom is 0.0375 e. The van der Waals surface area contributed by atoms with Gasteiger partial charge < -0.3 is 0 Å². The van der Waals surface area contributed by atoms with Gasteiger partial charge in [-0.1, -0.05) is 35.1 Å². The van der Waals surface area contributed by atoms with Crippen molar-refractivity contribution in [3.8, 4) is 0 Å². The Morgan fingerprint density at radius 2 is 1.57 bits per heavy atom. The van der Waals surface area contributed by atoms with Gasteiger partial charge in [0.2, 0.25) is 0 Å². The monoisotopic (exact) mass is 286 g/mol. The number of aryl methyl sites for hydroxylation is 2. The quantitative estimate of drug-likeness (QED) is 0.711. The predicted molar refractivity (Wildman–Crippen MR) is 92.9 cm³/mol. The van der Waals surface area contributed by atoms with Crippen LogP contribution < -0.4 is 0 Å². The summed E-state index contributed by atoms with van der Waals surface area (Å²) in [6.45, 7) is 12.9. The van der Waals surface area contributed by atoms with Gasteiger partial charge in [-0.05, 0) is 60.6 Å². The Hall–Kier alpha value is -1.70. The molecule has 0 N–H and O–H groups in total. The first-order valence-corrected chi connectivity index (χ1v) is 7.24. The van der Waals surface area contributed by atoms with Crippen molar-refractivity contribution in [2.75, 3.05) is 0 Å². The molecule has 0 aliphatic heterocycles. The van der Waals surface area contributed by atoms with Gasteiger partial charge in [-0.2, -0.15) is 0 Å². The SMILES string of the molecule is C.Cc1cc(C(C)C)ccn1.Cc1cnccc1C(C)C. The van der Waals surface area contributed by atoms with Gasteiger partial charge in [0.15, 0.2) is 0 Å². The first kappa shape index (κ1) is 19.3. The molecule has 0 saturated carbocycles. The summed E-state index contributed by atoms with van der Waals surface area (Å²) >= 11 is 0. The highest BCUT2D eigenvalue weighted by molar-refractivity contribution is 5.24. The minimum atomic E-state index is 0. The summed E-state index contributed by atoms with van der Waals surface area (Å²) < 4.78 is 0. The van der Waals surface area contributed by atoms with Gasteiger partial charge >= 0.3 is 0 Å². The summed E-state index contributed by atoms with van der Waals surface area (Å²) in [5, 5.41) is 0. The smallest absolute Gasteiger partial charge is 0.0375 e. The van der Waals surface area contributed by atoms with E-state index in [9.17, 15) is 0 Å². The number of aromatic nitrogens is 2. The van der Waals surface area contributed by atoms with Crippen molar-refractivity contribution < 1.29 is 0 Å². The largest absolute Gasteiger partial charge is 0.264 e. The van der Waals surface area contributed by atoms with E-state index in [1.165, 1.54) is 16.7 Å². The van der Waals surface area contributed by atoms with E-state index in [4.69, 9.17) is 0 Å². The molecule has 2 aromatic heterocycles. The number of rotatable bonds is 2. The van der Waals surface area contributed by atoms with Crippen LogP contribution in [0.15, 0.2) is 36.8 Å². The van der Waals surface area contributed by atoms with Gasteiger partial charge in [0.25, 0.3) is 0 Å². The fourth-order valence-corrected chi connectivity index (χ4v) is 2.06. The van der Waals surface area contributed by atoms with Crippen LogP contribution in [0.2, 0.25) is 0 Å². The van der Waals surface area contributed by atoms with Gasteiger partial charge in [-0.25, -0.2) is 0 Å². The van der Waals surface area contributed by atoms with Gasteiger partial charge in [-0.3, -0.25) is 9.97 Å². The number of nitrogens with zero attached hydrogens (tertiary/aromatic N) is 2. The van der Waals surface area contributed by atoms with E-state index in [1.54, 1.807) is 0 Å². The van der Waals surface area contributed by atoms with E-state index in [0.29, 0.717) is 11.8 Å². The molecule has 2 heterocycles. The van der Waals surface area contributed by atoms with Crippen molar-refractivity contribution in [2.24, 2.45) is 0 Å². The molecule has 0 spiro atoms. The Morgan fingerprint density at radius 3 is 1.95 bits per heavy atom. The molecule has 0 unspecified atom stereocenters. The Morgan fingerprint density at radius 1 is 0.905 bits per heavy atom. The van der Waals surface area contributed by atoms with E-state index < -0.39 is 0 Å². The second-order valence-electron chi connectivity index (χ2n) is 5.77. The first-order chi connectivity index (χ1) is 9.41. The van der Waals surface area contributed by atoms with E-state index >= 15 is 0 Å². The van der Waals surface area contributed by atoms with Crippen LogP contribution in [-0.4, -0.2) is 9.97 Å². The third-order valence-corrected chi connectivity index (χ3v) is 3.27. The van der Waals surface area contributed by atoms with Crippen molar-refractivity contribution in [2.45, 2.75) is 60.8 Å². The lowest BCUT2D eigenvalue weighted by Crippen LogP contribution is -1.91. The average Bonchev–Trinajstić information content (AvgIpc) is 2.39. The number of hydrogen-bond acceptors (Lipinski definition) is 2. The van der Waals surface area contributed by atoms with Crippen LogP contribution in [0, 0.1) is 13.8 Å². The summed E-state index contributed by atoms with van der Waals surface area (Å²) in [6.07, 6.45) is 5.63. The molecule has 2 heteroatoms. The van der Waals surface area contributed by atoms with Gasteiger partial charge in [0.05, 0.1) is 0 Å². The van der Waals surface area contributed by atoms with Gasteiger partial charge in [0.1, 0.15) is 0 Å². The van der Waals surface area contributed by atoms with Crippen LogP contribution in [0.5, 0.6) is 0 Å². The Bertz CT molecular complexity index is 531. The molecule has 0 aliphatic carbocycles. The molecule has 2 rings (SSSR count). The zero-order valence-electron chi connectivity index (χ0n) is 13.5. The number of hydrogen-bond donors (Lipinski definition) is 0. The maximum atomic E-state index is 4.12. The lowest BCUT2D eigenvalue weighted by Gasteiger charge is -2.06. The highest BCUT2D eigenvalue weighted by atomic mass is 14.6. The van der Waals surface area contributed by atoms with Crippen molar-refractivity contribution in [1.82, 2.24) is 9.97 Å². The third kappa shape index (κ3) is 6.52. The predicted octanol–water partition coefficient (Wildman–Crippen LogP) is 5.66. The summed E-state index contributed by atoms with van der Waals surface area (Å²) in [5.41, 5.74) is 5.16. The fourth-order valence-electron chi connectivity index (χ4n) is 2.06. The van der Waals surface area contributed by atoms with Crippen LogP contribution in [0.1, 0.15) is 69.3 Å². The van der Waals surface area contributed by atoms with Crippen molar-refractivity contribution in [1.29, 1.82) is 0 Å². The highest BCUT2D eigenvalue weighted by Gasteiger charge is 2.00. The minimum absolute atomic E-state index is 0. The van der Waals surface area contributed by atoms with Crippen molar-refractivity contribution >= 4 is 0 Å². The topological polar surface area (TPSA) is 25.8 Å². The molecule has 0 aliphatic rings. The lowest BCUT2D eigenvalue weighted by molar-refractivity contribution is 0.852. The van der Waals surface area contributed by atoms with E-state index in [0.717, 1.165) is 5.69 Å². The number of pyridine rings is 2. The fraction of sp³-hybridized carbons (Fsp3) is 0.474. The molecule has 0 aromatic carbocycles. The van der Waals surface area contributed by atoms with Crippen LogP contribution in [0.4, 0.5) is 0 Å². The van der Waals surface area contributed by atoms with Crippen molar-refractivity contribution in [3.63, 3.8) is 0 Å². The molecule has 0 atom stereocenters. The molecular formula is C19H30N2. The molecule has 0 amide bonds. The second kappa shape index (κ2) is 9.28. The molecule has 2 nitrogen and oxygen atoms in total. The zero-order valence-corrected chi connectivity index (χ0v) is 13.5. The highest BCUT2D eigenvalue weighted by Crippen LogP contribution is 2.16. The van der Waals surface area contributed by atoms with E-state index in [-0.39, 0.29) is 7.43 Å². The van der Waals surface area contributed by atoms with Crippen LogP contribution >= 0.6 is 0 Å². The Kier molecular flexibility index (Phi) is 8.52. The summed E-state index contributed by atoms with van der Waals surface area (Å²) in [6, 6.07) is 6.28. The molecule has 116 valence electrons. The standard InChI is InChI=1S/2C9H13N.CH4/c1-7(2)9-4-5-10-6-8(9)3;1-7(2)9-4-5-10-8(3)6-9;/h2*4-7H,1-3H3;1H4. The van der Waals surface area contributed by atoms with Crippen LogP contribution in [0.3, 0.4) is 0 Å². The van der Waals surface area contributed by atoms with E-state index in [1.807, 2.05) is 25.5 Å². The third-order valence-electron chi connectivity index (χ3n) is 3.27. The van der Waals surface area contributed by atoms with Gasteiger partial charge in [0, 0.05) is 24.3 Å². The molecule has 0 radical (unpaired) electrons. The van der Waals surface area contributed by atoms with Crippen LogP contribution in [-0.2, 0) is 0 Å². The molecular weight excluding hydrogens is 256 g/mol. The Labute approximate surface area is 130 Å². The molecule has 2 aromatic rings. The van der Waals surface area contributed by atoms with E-state index in [2.05, 4.69) is 62.8 Å². The average molecular weight is 286 g/mol. The maximum absolute atomic E-state index is 4.12. The normalized spacial score (nSPS) is 9.90. The molecule has 0 saturated heterocycles. The zero-order chi connectivity index (χ0) is 15.1. The Balaban J connectivity index is 0.000000364. The second-order valence-corrected chi connectivity index (χ2v) is 5.77. The molecule has 0 bridgehead atoms. The van der Waals surface area contributed by atoms with Gasteiger partial charge in [-0.15, -0.1) is 0 Å². The lowest BCUT2D eigenvalue weighted by atomic mass is 10.0.